The summed E-state index contributed by atoms with van der Waals surface area (Å²) in [5.41, 5.74) is 3.21. The van der Waals surface area contributed by atoms with Crippen LogP contribution in [0.3, 0.4) is 0 Å². The lowest BCUT2D eigenvalue weighted by Gasteiger charge is -2.31. The van der Waals surface area contributed by atoms with E-state index in [4.69, 9.17) is 0 Å². The normalized spacial score (nSPS) is 19.8. The molecule has 26 heavy (non-hydrogen) atoms. The Hall–Kier alpha value is -1.70. The van der Waals surface area contributed by atoms with E-state index < -0.39 is 10.2 Å². The standard InChI is InChI=1S/C19H26N4O2S/c24-26(25,21-10-6-1-2-7-11-21)22-12-13-23-19(16-22)15-18(20-23)14-17-8-4-3-5-9-17/h3-5,8-9,15H,1-2,6-7,10-14,16H2. The van der Waals surface area contributed by atoms with E-state index in [1.807, 2.05) is 22.9 Å². The summed E-state index contributed by atoms with van der Waals surface area (Å²) in [5.74, 6) is 0. The van der Waals surface area contributed by atoms with E-state index in [1.165, 1.54) is 5.56 Å². The van der Waals surface area contributed by atoms with Crippen LogP contribution in [0, 0.1) is 0 Å². The maximum atomic E-state index is 13.0. The molecule has 1 saturated heterocycles. The third kappa shape index (κ3) is 3.70. The van der Waals surface area contributed by atoms with Crippen LogP contribution in [0.4, 0.5) is 0 Å². The Kier molecular flexibility index (Phi) is 5.11. The van der Waals surface area contributed by atoms with Crippen LogP contribution in [-0.4, -0.2) is 46.4 Å². The van der Waals surface area contributed by atoms with Gasteiger partial charge >= 0.3 is 0 Å². The van der Waals surface area contributed by atoms with Crippen LogP contribution in [0.25, 0.3) is 0 Å². The topological polar surface area (TPSA) is 58.4 Å². The van der Waals surface area contributed by atoms with Crippen LogP contribution in [0.1, 0.15) is 42.6 Å². The molecule has 0 amide bonds. The second kappa shape index (κ2) is 7.50. The van der Waals surface area contributed by atoms with Crippen molar-refractivity contribution in [2.24, 2.45) is 0 Å². The van der Waals surface area contributed by atoms with Gasteiger partial charge in [-0.2, -0.15) is 22.1 Å². The first-order valence-electron chi connectivity index (χ1n) is 9.48. The molecule has 3 heterocycles. The Balaban J connectivity index is 1.49. The molecule has 0 saturated carbocycles. The fraction of sp³-hybridized carbons (Fsp3) is 0.526. The molecule has 1 aromatic heterocycles. The lowest BCUT2D eigenvalue weighted by atomic mass is 10.1. The average molecular weight is 375 g/mol. The lowest BCUT2D eigenvalue weighted by Crippen LogP contribution is -2.47. The molecule has 2 aliphatic rings. The molecule has 2 aromatic rings. The molecule has 140 valence electrons. The highest BCUT2D eigenvalue weighted by Crippen LogP contribution is 2.22. The molecule has 0 atom stereocenters. The number of benzene rings is 1. The van der Waals surface area contributed by atoms with Crippen molar-refractivity contribution in [2.75, 3.05) is 19.6 Å². The first kappa shape index (κ1) is 17.7. The quantitative estimate of drug-likeness (QED) is 0.826. The Bertz CT molecular complexity index is 840. The van der Waals surface area contributed by atoms with Gasteiger partial charge in [0.1, 0.15) is 0 Å². The zero-order valence-corrected chi connectivity index (χ0v) is 15.9. The van der Waals surface area contributed by atoms with Crippen LogP contribution in [0.5, 0.6) is 0 Å². The number of nitrogens with zero attached hydrogens (tertiary/aromatic N) is 4. The lowest BCUT2D eigenvalue weighted by molar-refractivity contribution is 0.291. The molecular formula is C19H26N4O2S. The van der Waals surface area contributed by atoms with Crippen LogP contribution in [0.15, 0.2) is 36.4 Å². The highest BCUT2D eigenvalue weighted by molar-refractivity contribution is 7.86. The third-order valence-corrected chi connectivity index (χ3v) is 7.24. The molecule has 0 unspecified atom stereocenters. The maximum absolute atomic E-state index is 13.0. The Labute approximate surface area is 155 Å². The van der Waals surface area contributed by atoms with Gasteiger partial charge in [-0.3, -0.25) is 4.68 Å². The smallest absolute Gasteiger partial charge is 0.267 e. The molecule has 0 N–H and O–H groups in total. The van der Waals surface area contributed by atoms with E-state index >= 15 is 0 Å². The summed E-state index contributed by atoms with van der Waals surface area (Å²) >= 11 is 0. The monoisotopic (exact) mass is 374 g/mol. The second-order valence-electron chi connectivity index (χ2n) is 7.17. The predicted octanol–water partition coefficient (Wildman–Crippen LogP) is 2.41. The van der Waals surface area contributed by atoms with Crippen LogP contribution < -0.4 is 0 Å². The summed E-state index contributed by atoms with van der Waals surface area (Å²) in [5, 5.41) is 4.67. The first-order valence-corrected chi connectivity index (χ1v) is 10.9. The van der Waals surface area contributed by atoms with Crippen LogP contribution in [-0.2, 0) is 29.7 Å². The molecule has 0 bridgehead atoms. The molecule has 1 aromatic carbocycles. The summed E-state index contributed by atoms with van der Waals surface area (Å²) < 4.78 is 31.3. The number of rotatable bonds is 4. The molecule has 0 aliphatic carbocycles. The van der Waals surface area contributed by atoms with Gasteiger partial charge < -0.3 is 0 Å². The Morgan fingerprint density at radius 3 is 2.35 bits per heavy atom. The van der Waals surface area contributed by atoms with Gasteiger partial charge in [0, 0.05) is 26.1 Å². The minimum atomic E-state index is -3.38. The van der Waals surface area contributed by atoms with Gasteiger partial charge in [-0.25, -0.2) is 0 Å². The van der Waals surface area contributed by atoms with Crippen molar-refractivity contribution in [2.45, 2.75) is 45.2 Å². The molecule has 0 radical (unpaired) electrons. The predicted molar refractivity (Wildman–Crippen MR) is 101 cm³/mol. The fourth-order valence-electron chi connectivity index (χ4n) is 3.83. The number of hydrogen-bond acceptors (Lipinski definition) is 3. The molecule has 6 nitrogen and oxygen atoms in total. The summed E-state index contributed by atoms with van der Waals surface area (Å²) in [6.07, 6.45) is 4.96. The molecule has 0 spiro atoms. The number of hydrogen-bond donors (Lipinski definition) is 0. The first-order chi connectivity index (χ1) is 12.6. The van der Waals surface area contributed by atoms with Gasteiger partial charge in [0.05, 0.1) is 24.5 Å². The van der Waals surface area contributed by atoms with Gasteiger partial charge in [-0.1, -0.05) is 43.2 Å². The van der Waals surface area contributed by atoms with E-state index in [0.29, 0.717) is 32.7 Å². The van der Waals surface area contributed by atoms with E-state index in [2.05, 4.69) is 23.3 Å². The molecule has 1 fully saturated rings. The minimum Gasteiger partial charge on any atom is -0.267 e. The zero-order valence-electron chi connectivity index (χ0n) is 15.0. The van der Waals surface area contributed by atoms with Crippen molar-refractivity contribution >= 4 is 10.2 Å². The van der Waals surface area contributed by atoms with Gasteiger partial charge in [-0.05, 0) is 24.5 Å². The summed E-state index contributed by atoms with van der Waals surface area (Å²) in [4.78, 5) is 0. The van der Waals surface area contributed by atoms with Crippen molar-refractivity contribution in [3.05, 3.63) is 53.3 Å². The van der Waals surface area contributed by atoms with Crippen molar-refractivity contribution in [3.8, 4) is 0 Å². The molecule has 7 heteroatoms. The van der Waals surface area contributed by atoms with Gasteiger partial charge in [-0.15, -0.1) is 0 Å². The highest BCUT2D eigenvalue weighted by atomic mass is 32.2. The zero-order chi connectivity index (χ0) is 18.0. The fourth-order valence-corrected chi connectivity index (χ4v) is 5.48. The SMILES string of the molecule is O=S(=O)(N1CCCCCC1)N1CCn2nc(Cc3ccccc3)cc2C1. The van der Waals surface area contributed by atoms with E-state index in [-0.39, 0.29) is 0 Å². The highest BCUT2D eigenvalue weighted by Gasteiger charge is 2.33. The van der Waals surface area contributed by atoms with E-state index in [9.17, 15) is 8.42 Å². The van der Waals surface area contributed by atoms with E-state index in [1.54, 1.807) is 8.61 Å². The third-order valence-electron chi connectivity index (χ3n) is 5.26. The van der Waals surface area contributed by atoms with Crippen LogP contribution in [0.2, 0.25) is 0 Å². The van der Waals surface area contributed by atoms with Crippen molar-refractivity contribution in [1.82, 2.24) is 18.4 Å². The molecule has 4 rings (SSSR count). The summed E-state index contributed by atoms with van der Waals surface area (Å²) in [7, 11) is -3.38. The Morgan fingerprint density at radius 2 is 1.62 bits per heavy atom. The van der Waals surface area contributed by atoms with Gasteiger partial charge in [0.15, 0.2) is 0 Å². The van der Waals surface area contributed by atoms with Gasteiger partial charge in [0.25, 0.3) is 10.2 Å². The largest absolute Gasteiger partial charge is 0.282 e. The molecule has 2 aliphatic heterocycles. The van der Waals surface area contributed by atoms with Gasteiger partial charge in [0.2, 0.25) is 0 Å². The van der Waals surface area contributed by atoms with Crippen molar-refractivity contribution in [1.29, 1.82) is 0 Å². The number of aromatic nitrogens is 2. The minimum absolute atomic E-state index is 0.417. The summed E-state index contributed by atoms with van der Waals surface area (Å²) in [6.45, 7) is 2.84. The summed E-state index contributed by atoms with van der Waals surface area (Å²) in [6, 6.07) is 12.3. The van der Waals surface area contributed by atoms with Crippen molar-refractivity contribution < 1.29 is 8.42 Å². The van der Waals surface area contributed by atoms with Crippen molar-refractivity contribution in [3.63, 3.8) is 0 Å². The number of fused-ring (bicyclic) bond motifs is 1. The Morgan fingerprint density at radius 1 is 0.885 bits per heavy atom. The second-order valence-corrected chi connectivity index (χ2v) is 9.10. The van der Waals surface area contributed by atoms with E-state index in [0.717, 1.165) is 43.5 Å². The average Bonchev–Trinajstić information content (AvgIpc) is 2.85. The van der Waals surface area contributed by atoms with Crippen LogP contribution >= 0.6 is 0 Å². The molecular weight excluding hydrogens is 348 g/mol. The maximum Gasteiger partial charge on any atom is 0.282 e.